The number of ether oxygens (including phenoxy) is 1. The molecule has 2 rings (SSSR count). The number of esters is 1. The predicted molar refractivity (Wildman–Crippen MR) is 83.6 cm³/mol. The average Bonchev–Trinajstić information content (AvgIpc) is 3.07. The Morgan fingerprint density at radius 1 is 1.50 bits per heavy atom. The third-order valence-corrected chi connectivity index (χ3v) is 4.54. The normalized spacial score (nSPS) is 12.1. The molecule has 4 nitrogen and oxygen atoms in total. The highest BCUT2D eigenvalue weighted by atomic mass is 32.1. The molecule has 0 saturated heterocycles. The molecule has 0 aromatic carbocycles. The maximum Gasteiger partial charge on any atom is 0.305 e. The van der Waals surface area contributed by atoms with E-state index < -0.39 is 0 Å². The van der Waals surface area contributed by atoms with Gasteiger partial charge >= 0.3 is 5.97 Å². The van der Waals surface area contributed by atoms with Gasteiger partial charge in [-0.15, -0.1) is 22.7 Å². The summed E-state index contributed by atoms with van der Waals surface area (Å²) in [6.45, 7) is 2.15. The van der Waals surface area contributed by atoms with Crippen molar-refractivity contribution in [3.63, 3.8) is 0 Å². The summed E-state index contributed by atoms with van der Waals surface area (Å²) in [4.78, 5) is 16.9. The summed E-state index contributed by atoms with van der Waals surface area (Å²) in [5.74, 6) is -0.196. The van der Waals surface area contributed by atoms with E-state index in [4.69, 9.17) is 0 Å². The fourth-order valence-electron chi connectivity index (χ4n) is 1.81. The van der Waals surface area contributed by atoms with Gasteiger partial charge in [0.2, 0.25) is 0 Å². The molecule has 108 valence electrons. The standard InChI is InChI=1S/C14H18N2O2S2/c1-10(8-12-4-3-7-19-12)15-14-16-11(9-20-14)5-6-13(17)18-2/h3-4,7,9-10H,5-6,8H2,1-2H3,(H,15,16). The van der Waals surface area contributed by atoms with E-state index in [1.54, 1.807) is 22.7 Å². The Bertz CT molecular complexity index is 537. The van der Waals surface area contributed by atoms with Crippen LogP contribution in [-0.2, 0) is 22.4 Å². The van der Waals surface area contributed by atoms with Crippen LogP contribution in [-0.4, -0.2) is 24.1 Å². The number of nitrogens with one attached hydrogen (secondary N) is 1. The Morgan fingerprint density at radius 2 is 2.35 bits per heavy atom. The Labute approximate surface area is 126 Å². The van der Waals surface area contributed by atoms with Crippen LogP contribution in [0.5, 0.6) is 0 Å². The lowest BCUT2D eigenvalue weighted by Gasteiger charge is -2.11. The molecule has 0 fully saturated rings. The largest absolute Gasteiger partial charge is 0.469 e. The van der Waals surface area contributed by atoms with Crippen molar-refractivity contribution in [2.75, 3.05) is 12.4 Å². The van der Waals surface area contributed by atoms with Gasteiger partial charge in [-0.1, -0.05) is 6.07 Å². The van der Waals surface area contributed by atoms with Crippen molar-refractivity contribution >= 4 is 33.8 Å². The summed E-state index contributed by atoms with van der Waals surface area (Å²) >= 11 is 3.35. The van der Waals surface area contributed by atoms with Crippen LogP contribution in [0.25, 0.3) is 0 Å². The van der Waals surface area contributed by atoms with Crippen molar-refractivity contribution in [2.45, 2.75) is 32.2 Å². The van der Waals surface area contributed by atoms with Gasteiger partial charge in [0.05, 0.1) is 19.2 Å². The second-order valence-corrected chi connectivity index (χ2v) is 6.44. The molecule has 0 amide bonds. The average molecular weight is 310 g/mol. The first-order valence-corrected chi connectivity index (χ1v) is 8.23. The maximum atomic E-state index is 11.1. The van der Waals surface area contributed by atoms with Crippen LogP contribution in [0.4, 0.5) is 5.13 Å². The lowest BCUT2D eigenvalue weighted by atomic mass is 10.2. The summed E-state index contributed by atoms with van der Waals surface area (Å²) in [5, 5.41) is 8.39. The molecule has 2 aromatic heterocycles. The van der Waals surface area contributed by atoms with E-state index >= 15 is 0 Å². The fraction of sp³-hybridized carbons (Fsp3) is 0.429. The van der Waals surface area contributed by atoms with Crippen LogP contribution < -0.4 is 5.32 Å². The number of carbonyl (C=O) groups is 1. The second-order valence-electron chi connectivity index (χ2n) is 4.55. The van der Waals surface area contributed by atoms with Gasteiger partial charge < -0.3 is 10.1 Å². The van der Waals surface area contributed by atoms with Crippen molar-refractivity contribution in [3.05, 3.63) is 33.5 Å². The fourth-order valence-corrected chi connectivity index (χ4v) is 3.51. The summed E-state index contributed by atoms with van der Waals surface area (Å²) in [5.41, 5.74) is 0.936. The van der Waals surface area contributed by atoms with E-state index in [9.17, 15) is 4.79 Å². The molecule has 0 aliphatic heterocycles. The topological polar surface area (TPSA) is 51.2 Å². The molecule has 2 heterocycles. The number of aromatic nitrogens is 1. The van der Waals surface area contributed by atoms with Crippen molar-refractivity contribution in [1.29, 1.82) is 0 Å². The third-order valence-electron chi connectivity index (χ3n) is 2.82. The minimum absolute atomic E-state index is 0.196. The first-order valence-electron chi connectivity index (χ1n) is 6.47. The van der Waals surface area contributed by atoms with Gasteiger partial charge in [-0.05, 0) is 18.4 Å². The van der Waals surface area contributed by atoms with Crippen LogP contribution >= 0.6 is 22.7 Å². The van der Waals surface area contributed by atoms with Crippen LogP contribution in [0.15, 0.2) is 22.9 Å². The molecule has 0 spiro atoms. The number of methoxy groups -OCH3 is 1. The van der Waals surface area contributed by atoms with Gasteiger partial charge in [0.15, 0.2) is 5.13 Å². The molecule has 6 heteroatoms. The number of carbonyl (C=O) groups excluding carboxylic acids is 1. The van der Waals surface area contributed by atoms with E-state index in [0.29, 0.717) is 18.9 Å². The zero-order valence-corrected chi connectivity index (χ0v) is 13.2. The van der Waals surface area contributed by atoms with Gasteiger partial charge in [-0.25, -0.2) is 4.98 Å². The van der Waals surface area contributed by atoms with Gasteiger partial charge in [-0.2, -0.15) is 0 Å². The number of hydrogen-bond acceptors (Lipinski definition) is 6. The number of anilines is 1. The van der Waals surface area contributed by atoms with Crippen LogP contribution in [0.3, 0.4) is 0 Å². The summed E-state index contributed by atoms with van der Waals surface area (Å²) in [6.07, 6.45) is 2.00. The van der Waals surface area contributed by atoms with E-state index in [1.807, 2.05) is 5.38 Å². The van der Waals surface area contributed by atoms with Gasteiger partial charge in [-0.3, -0.25) is 4.79 Å². The first-order chi connectivity index (χ1) is 9.67. The van der Waals surface area contributed by atoms with Crippen molar-refractivity contribution < 1.29 is 9.53 Å². The maximum absolute atomic E-state index is 11.1. The van der Waals surface area contributed by atoms with E-state index in [-0.39, 0.29) is 5.97 Å². The SMILES string of the molecule is COC(=O)CCc1csc(NC(C)Cc2cccs2)n1. The first kappa shape index (κ1) is 15.0. The van der Waals surface area contributed by atoms with E-state index in [1.165, 1.54) is 12.0 Å². The minimum Gasteiger partial charge on any atom is -0.469 e. The number of rotatable bonds is 7. The molecular formula is C14H18N2O2S2. The van der Waals surface area contributed by atoms with Gasteiger partial charge in [0.1, 0.15) is 0 Å². The number of thiazole rings is 1. The summed E-state index contributed by atoms with van der Waals surface area (Å²) in [7, 11) is 1.41. The molecule has 20 heavy (non-hydrogen) atoms. The monoisotopic (exact) mass is 310 g/mol. The molecule has 0 bridgehead atoms. The molecule has 1 N–H and O–H groups in total. The number of thiophene rings is 1. The Hall–Kier alpha value is -1.40. The van der Waals surface area contributed by atoms with E-state index in [0.717, 1.165) is 17.2 Å². The van der Waals surface area contributed by atoms with Crippen molar-refractivity contribution in [3.8, 4) is 0 Å². The molecule has 1 unspecified atom stereocenters. The molecular weight excluding hydrogens is 292 g/mol. The summed E-state index contributed by atoms with van der Waals surface area (Å²) in [6, 6.07) is 4.56. The molecule has 0 radical (unpaired) electrons. The molecule has 0 aliphatic carbocycles. The molecule has 0 saturated carbocycles. The Kier molecular flexibility index (Phi) is 5.55. The highest BCUT2D eigenvalue weighted by Gasteiger charge is 2.09. The Morgan fingerprint density at radius 3 is 3.05 bits per heavy atom. The van der Waals surface area contributed by atoms with Crippen LogP contribution in [0.1, 0.15) is 23.9 Å². The van der Waals surface area contributed by atoms with Crippen molar-refractivity contribution in [2.24, 2.45) is 0 Å². The number of aryl methyl sites for hydroxylation is 1. The molecule has 0 aliphatic rings. The zero-order valence-electron chi connectivity index (χ0n) is 11.6. The number of nitrogens with zero attached hydrogens (tertiary/aromatic N) is 1. The van der Waals surface area contributed by atoms with Crippen molar-refractivity contribution in [1.82, 2.24) is 4.98 Å². The second kappa shape index (κ2) is 7.40. The quantitative estimate of drug-likeness (QED) is 0.797. The van der Waals surface area contributed by atoms with Gasteiger partial charge in [0.25, 0.3) is 0 Å². The summed E-state index contributed by atoms with van der Waals surface area (Å²) < 4.78 is 4.62. The van der Waals surface area contributed by atoms with Crippen LogP contribution in [0.2, 0.25) is 0 Å². The van der Waals surface area contributed by atoms with Gasteiger partial charge in [0, 0.05) is 29.1 Å². The predicted octanol–water partition coefficient (Wildman–Crippen LogP) is 3.35. The third kappa shape index (κ3) is 4.61. The lowest BCUT2D eigenvalue weighted by Crippen LogP contribution is -2.17. The van der Waals surface area contributed by atoms with E-state index in [2.05, 4.69) is 39.5 Å². The minimum atomic E-state index is -0.196. The molecule has 2 aromatic rings. The smallest absolute Gasteiger partial charge is 0.305 e. The zero-order chi connectivity index (χ0) is 14.4. The Balaban J connectivity index is 1.81. The molecule has 1 atom stereocenters. The van der Waals surface area contributed by atoms with Crippen LogP contribution in [0, 0.1) is 0 Å². The number of hydrogen-bond donors (Lipinski definition) is 1. The highest BCUT2D eigenvalue weighted by molar-refractivity contribution is 7.13. The highest BCUT2D eigenvalue weighted by Crippen LogP contribution is 2.19. The lowest BCUT2D eigenvalue weighted by molar-refractivity contribution is -0.140.